The third kappa shape index (κ3) is 2.91. The number of carbonyl (C=O) groups is 1. The van der Waals surface area contributed by atoms with E-state index in [0.717, 1.165) is 0 Å². The number of phenols is 1. The third-order valence-corrected chi connectivity index (χ3v) is 3.53. The molecular formula is C17H15N3O3. The van der Waals surface area contributed by atoms with Gasteiger partial charge in [0.1, 0.15) is 11.6 Å². The van der Waals surface area contributed by atoms with Crippen LogP contribution in [0.4, 0.5) is 0 Å². The first-order valence-corrected chi connectivity index (χ1v) is 7.07. The van der Waals surface area contributed by atoms with Crippen molar-refractivity contribution in [3.8, 4) is 5.75 Å². The van der Waals surface area contributed by atoms with Crippen LogP contribution in [0.3, 0.4) is 0 Å². The second-order valence-corrected chi connectivity index (χ2v) is 5.21. The predicted octanol–water partition coefficient (Wildman–Crippen LogP) is 1.90. The van der Waals surface area contributed by atoms with Crippen LogP contribution in [0.25, 0.3) is 10.9 Å². The maximum atomic E-state index is 12.4. The molecular weight excluding hydrogens is 294 g/mol. The average Bonchev–Trinajstić information content (AvgIpc) is 2.54. The van der Waals surface area contributed by atoms with E-state index in [4.69, 9.17) is 0 Å². The fourth-order valence-corrected chi connectivity index (χ4v) is 2.37. The van der Waals surface area contributed by atoms with Crippen LogP contribution < -0.4 is 5.56 Å². The number of aromatic nitrogens is 2. The Balaban J connectivity index is 1.88. The number of aromatic hydroxyl groups is 1. The van der Waals surface area contributed by atoms with Crippen LogP contribution >= 0.6 is 0 Å². The van der Waals surface area contributed by atoms with E-state index in [-0.39, 0.29) is 29.3 Å². The van der Waals surface area contributed by atoms with Gasteiger partial charge in [0.05, 0.1) is 23.0 Å². The number of hydrogen-bond acceptors (Lipinski definition) is 4. The average molecular weight is 309 g/mol. The number of rotatable bonds is 3. The highest BCUT2D eigenvalue weighted by Gasteiger charge is 2.16. The lowest BCUT2D eigenvalue weighted by molar-refractivity contribution is 0.0778. The minimum atomic E-state index is -0.348. The van der Waals surface area contributed by atoms with Crippen LogP contribution in [0.15, 0.2) is 53.3 Å². The Labute approximate surface area is 132 Å². The van der Waals surface area contributed by atoms with E-state index >= 15 is 0 Å². The van der Waals surface area contributed by atoms with Crippen molar-refractivity contribution in [3.05, 3.63) is 70.3 Å². The molecule has 0 bridgehead atoms. The summed E-state index contributed by atoms with van der Waals surface area (Å²) in [6, 6.07) is 13.3. The molecule has 0 aliphatic rings. The molecule has 0 unspecified atom stereocenters. The van der Waals surface area contributed by atoms with Crippen molar-refractivity contribution in [2.45, 2.75) is 6.54 Å². The lowest BCUT2D eigenvalue weighted by Gasteiger charge is -2.17. The molecule has 2 N–H and O–H groups in total. The van der Waals surface area contributed by atoms with Crippen LogP contribution in [0, 0.1) is 0 Å². The smallest absolute Gasteiger partial charge is 0.258 e. The van der Waals surface area contributed by atoms with Crippen molar-refractivity contribution in [3.63, 3.8) is 0 Å². The Morgan fingerprint density at radius 1 is 1.17 bits per heavy atom. The van der Waals surface area contributed by atoms with Gasteiger partial charge in [-0.1, -0.05) is 24.3 Å². The number of fused-ring (bicyclic) bond motifs is 1. The van der Waals surface area contributed by atoms with Gasteiger partial charge in [-0.3, -0.25) is 9.59 Å². The van der Waals surface area contributed by atoms with Crippen molar-refractivity contribution in [1.82, 2.24) is 14.9 Å². The summed E-state index contributed by atoms with van der Waals surface area (Å²) >= 11 is 0. The van der Waals surface area contributed by atoms with Crippen LogP contribution in [0.5, 0.6) is 5.75 Å². The summed E-state index contributed by atoms with van der Waals surface area (Å²) in [5.41, 5.74) is 0.543. The summed E-state index contributed by atoms with van der Waals surface area (Å²) in [6.07, 6.45) is 0. The van der Waals surface area contributed by atoms with Gasteiger partial charge < -0.3 is 15.0 Å². The Morgan fingerprint density at radius 3 is 2.65 bits per heavy atom. The standard InChI is InChI=1S/C17H15N3O3/c1-20(17(23)12-7-3-5-9-14(12)21)10-15-18-13-8-4-2-6-11(13)16(22)19-15/h2-9,21H,10H2,1H3,(H,18,19,22). The van der Waals surface area contributed by atoms with Gasteiger partial charge in [-0.25, -0.2) is 4.98 Å². The summed E-state index contributed by atoms with van der Waals surface area (Å²) < 4.78 is 0. The maximum Gasteiger partial charge on any atom is 0.258 e. The molecule has 3 aromatic rings. The van der Waals surface area contributed by atoms with Gasteiger partial charge in [0.15, 0.2) is 0 Å². The van der Waals surface area contributed by atoms with Crippen LogP contribution in [-0.4, -0.2) is 32.9 Å². The molecule has 0 atom stereocenters. The number of aromatic amines is 1. The highest BCUT2D eigenvalue weighted by Crippen LogP contribution is 2.18. The largest absolute Gasteiger partial charge is 0.507 e. The van der Waals surface area contributed by atoms with E-state index in [1.54, 1.807) is 49.5 Å². The van der Waals surface area contributed by atoms with Crippen molar-refractivity contribution >= 4 is 16.8 Å². The van der Waals surface area contributed by atoms with Gasteiger partial charge in [0, 0.05) is 7.05 Å². The highest BCUT2D eigenvalue weighted by molar-refractivity contribution is 5.96. The molecule has 0 saturated carbocycles. The molecule has 6 heteroatoms. The van der Waals surface area contributed by atoms with Crippen molar-refractivity contribution in [2.24, 2.45) is 0 Å². The number of phenolic OH excluding ortho intramolecular Hbond substituents is 1. The van der Waals surface area contributed by atoms with Crippen LogP contribution in [-0.2, 0) is 6.54 Å². The molecule has 0 spiro atoms. The monoisotopic (exact) mass is 309 g/mol. The van der Waals surface area contributed by atoms with E-state index in [9.17, 15) is 14.7 Å². The Kier molecular flexibility index (Phi) is 3.80. The summed E-state index contributed by atoms with van der Waals surface area (Å²) in [6.45, 7) is 0.132. The third-order valence-electron chi connectivity index (χ3n) is 3.53. The molecule has 116 valence electrons. The topological polar surface area (TPSA) is 86.3 Å². The number of hydrogen-bond donors (Lipinski definition) is 2. The fraction of sp³-hybridized carbons (Fsp3) is 0.118. The summed E-state index contributed by atoms with van der Waals surface area (Å²) in [7, 11) is 1.59. The maximum absolute atomic E-state index is 12.4. The molecule has 2 aromatic carbocycles. The molecule has 1 aromatic heterocycles. The number of amides is 1. The minimum absolute atomic E-state index is 0.0793. The Morgan fingerprint density at radius 2 is 1.87 bits per heavy atom. The van der Waals surface area contributed by atoms with Crippen molar-refractivity contribution in [1.29, 1.82) is 0 Å². The van der Waals surface area contributed by atoms with E-state index in [0.29, 0.717) is 16.7 Å². The molecule has 1 heterocycles. The van der Waals surface area contributed by atoms with Crippen molar-refractivity contribution in [2.75, 3.05) is 7.05 Å². The quantitative estimate of drug-likeness (QED) is 0.773. The molecule has 0 radical (unpaired) electrons. The second kappa shape index (κ2) is 5.92. The van der Waals surface area contributed by atoms with E-state index in [1.165, 1.54) is 11.0 Å². The summed E-state index contributed by atoms with van der Waals surface area (Å²) in [4.78, 5) is 32.8. The summed E-state index contributed by atoms with van der Waals surface area (Å²) in [5.74, 6) is -0.0387. The first-order chi connectivity index (χ1) is 11.1. The number of benzene rings is 2. The zero-order valence-corrected chi connectivity index (χ0v) is 12.5. The van der Waals surface area contributed by atoms with Gasteiger partial charge in [-0.2, -0.15) is 0 Å². The van der Waals surface area contributed by atoms with Gasteiger partial charge in [-0.15, -0.1) is 0 Å². The number of H-pyrrole nitrogens is 1. The molecule has 23 heavy (non-hydrogen) atoms. The molecule has 3 rings (SSSR count). The lowest BCUT2D eigenvalue weighted by atomic mass is 10.2. The first-order valence-electron chi connectivity index (χ1n) is 7.07. The van der Waals surface area contributed by atoms with Crippen LogP contribution in [0.1, 0.15) is 16.2 Å². The Hall–Kier alpha value is -3.15. The molecule has 0 saturated heterocycles. The van der Waals surface area contributed by atoms with Gasteiger partial charge >= 0.3 is 0 Å². The number of carbonyl (C=O) groups excluding carboxylic acids is 1. The number of nitrogens with zero attached hydrogens (tertiary/aromatic N) is 2. The normalized spacial score (nSPS) is 10.7. The molecule has 0 aliphatic heterocycles. The molecule has 0 aliphatic carbocycles. The molecule has 0 fully saturated rings. The summed E-state index contributed by atoms with van der Waals surface area (Å²) in [5, 5.41) is 10.3. The lowest BCUT2D eigenvalue weighted by Crippen LogP contribution is -2.28. The van der Waals surface area contributed by atoms with E-state index in [2.05, 4.69) is 9.97 Å². The predicted molar refractivity (Wildman–Crippen MR) is 86.3 cm³/mol. The second-order valence-electron chi connectivity index (χ2n) is 5.21. The number of nitrogens with one attached hydrogen (secondary N) is 1. The van der Waals surface area contributed by atoms with E-state index < -0.39 is 0 Å². The minimum Gasteiger partial charge on any atom is -0.507 e. The zero-order chi connectivity index (χ0) is 16.4. The first kappa shape index (κ1) is 14.8. The Bertz CT molecular complexity index is 934. The highest BCUT2D eigenvalue weighted by atomic mass is 16.3. The molecule has 6 nitrogen and oxygen atoms in total. The van der Waals surface area contributed by atoms with Gasteiger partial charge in [0.2, 0.25) is 0 Å². The fourth-order valence-electron chi connectivity index (χ4n) is 2.37. The molecule has 1 amide bonds. The van der Waals surface area contributed by atoms with Gasteiger partial charge in [-0.05, 0) is 24.3 Å². The SMILES string of the molecule is CN(Cc1nc2ccccc2c(=O)[nH]1)C(=O)c1ccccc1O. The van der Waals surface area contributed by atoms with Crippen molar-refractivity contribution < 1.29 is 9.90 Å². The van der Waals surface area contributed by atoms with E-state index in [1.807, 2.05) is 0 Å². The number of para-hydroxylation sites is 2. The van der Waals surface area contributed by atoms with Crippen LogP contribution in [0.2, 0.25) is 0 Å². The van der Waals surface area contributed by atoms with Gasteiger partial charge in [0.25, 0.3) is 11.5 Å². The zero-order valence-electron chi connectivity index (χ0n) is 12.5.